The Morgan fingerprint density at radius 3 is 2.37 bits per heavy atom. The minimum absolute atomic E-state index is 0.0998. The number of carbonyl (C=O) groups excluding carboxylic acids is 2. The van der Waals surface area contributed by atoms with E-state index in [-0.39, 0.29) is 11.9 Å². The van der Waals surface area contributed by atoms with Crippen LogP contribution in [0.1, 0.15) is 55.8 Å². The fraction of sp³-hybridized carbons (Fsp3) is 0.560. The highest BCUT2D eigenvalue weighted by atomic mass is 16.5. The molecule has 1 fully saturated rings. The quantitative estimate of drug-likeness (QED) is 0.410. The lowest BCUT2D eigenvalue weighted by Gasteiger charge is -2.28. The molecule has 2 aromatic heterocycles. The standard InChI is InChI=1S/C25H37N7O3/c1-5-35-23(33)15-10-17-6-8-18(9-7-17)16-27-24-19(11-12-20(26-2)28-24)25(34)29-21-13-14-22(31-30-21)32(3)4/h11-14,17-18H,5-10,15-16H2,1-4H3,(H2,26,27,28)(H,29,30,34). The summed E-state index contributed by atoms with van der Waals surface area (Å²) < 4.78 is 5.04. The Balaban J connectivity index is 1.56. The molecule has 1 saturated carbocycles. The Morgan fingerprint density at radius 2 is 1.74 bits per heavy atom. The number of carbonyl (C=O) groups is 2. The molecule has 1 aliphatic rings. The number of rotatable bonds is 11. The van der Waals surface area contributed by atoms with Gasteiger partial charge < -0.3 is 25.6 Å². The molecule has 0 aliphatic heterocycles. The van der Waals surface area contributed by atoms with Crippen LogP contribution in [0.4, 0.5) is 23.3 Å². The lowest BCUT2D eigenvalue weighted by Crippen LogP contribution is -2.24. The lowest BCUT2D eigenvalue weighted by atomic mass is 9.80. The first-order valence-electron chi connectivity index (χ1n) is 12.3. The second-order valence-electron chi connectivity index (χ2n) is 9.08. The number of hydrogen-bond acceptors (Lipinski definition) is 9. The lowest BCUT2D eigenvalue weighted by molar-refractivity contribution is -0.143. The van der Waals surface area contributed by atoms with E-state index in [9.17, 15) is 9.59 Å². The maximum Gasteiger partial charge on any atom is 0.305 e. The zero-order valence-corrected chi connectivity index (χ0v) is 21.1. The first-order chi connectivity index (χ1) is 16.9. The van der Waals surface area contributed by atoms with Gasteiger partial charge >= 0.3 is 5.97 Å². The van der Waals surface area contributed by atoms with Gasteiger partial charge in [0.05, 0.1) is 12.2 Å². The van der Waals surface area contributed by atoms with E-state index < -0.39 is 0 Å². The molecular formula is C25H37N7O3. The van der Waals surface area contributed by atoms with Crippen molar-refractivity contribution in [2.45, 2.75) is 45.4 Å². The van der Waals surface area contributed by atoms with Crippen molar-refractivity contribution in [3.63, 3.8) is 0 Å². The van der Waals surface area contributed by atoms with E-state index in [1.54, 1.807) is 31.3 Å². The summed E-state index contributed by atoms with van der Waals surface area (Å²) in [4.78, 5) is 31.0. The van der Waals surface area contributed by atoms with E-state index in [1.807, 2.05) is 25.9 Å². The smallest absolute Gasteiger partial charge is 0.305 e. The van der Waals surface area contributed by atoms with Crippen LogP contribution in [0.2, 0.25) is 0 Å². The number of aromatic nitrogens is 3. The molecule has 0 saturated heterocycles. The predicted octanol–water partition coefficient (Wildman–Crippen LogP) is 3.79. The molecule has 3 rings (SSSR count). The summed E-state index contributed by atoms with van der Waals surface area (Å²) in [6.45, 7) is 3.02. The molecular weight excluding hydrogens is 446 g/mol. The largest absolute Gasteiger partial charge is 0.466 e. The van der Waals surface area contributed by atoms with Crippen LogP contribution < -0.4 is 20.9 Å². The third-order valence-electron chi connectivity index (χ3n) is 6.33. The van der Waals surface area contributed by atoms with Crippen molar-refractivity contribution >= 4 is 35.1 Å². The zero-order valence-electron chi connectivity index (χ0n) is 21.1. The normalized spacial score (nSPS) is 17.4. The van der Waals surface area contributed by atoms with E-state index in [2.05, 4.69) is 31.1 Å². The van der Waals surface area contributed by atoms with Crippen LogP contribution in [-0.4, -0.2) is 61.4 Å². The van der Waals surface area contributed by atoms with E-state index >= 15 is 0 Å². The van der Waals surface area contributed by atoms with Crippen LogP contribution >= 0.6 is 0 Å². The molecule has 1 amide bonds. The second kappa shape index (κ2) is 12.9. The number of nitrogens with one attached hydrogen (secondary N) is 3. The molecule has 1 aliphatic carbocycles. The predicted molar refractivity (Wildman–Crippen MR) is 138 cm³/mol. The van der Waals surface area contributed by atoms with Gasteiger partial charge in [0.25, 0.3) is 5.91 Å². The van der Waals surface area contributed by atoms with Gasteiger partial charge in [-0.15, -0.1) is 10.2 Å². The highest BCUT2D eigenvalue weighted by molar-refractivity contribution is 6.07. The van der Waals surface area contributed by atoms with Gasteiger partial charge in [0.2, 0.25) is 0 Å². The molecule has 2 aromatic rings. The first-order valence-corrected chi connectivity index (χ1v) is 12.3. The van der Waals surface area contributed by atoms with Crippen LogP contribution in [0.3, 0.4) is 0 Å². The van der Waals surface area contributed by atoms with Gasteiger partial charge in [-0.1, -0.05) is 12.8 Å². The fourth-order valence-corrected chi connectivity index (χ4v) is 4.25. The van der Waals surface area contributed by atoms with Crippen LogP contribution in [0.5, 0.6) is 0 Å². The van der Waals surface area contributed by atoms with Gasteiger partial charge in [-0.05, 0) is 62.3 Å². The molecule has 3 N–H and O–H groups in total. The average Bonchev–Trinajstić information content (AvgIpc) is 2.87. The summed E-state index contributed by atoms with van der Waals surface area (Å²) in [5.74, 6) is 2.98. The molecule has 2 heterocycles. The van der Waals surface area contributed by atoms with Gasteiger partial charge in [0.15, 0.2) is 11.6 Å². The van der Waals surface area contributed by atoms with Crippen molar-refractivity contribution in [2.75, 3.05) is 55.1 Å². The minimum atomic E-state index is -0.294. The summed E-state index contributed by atoms with van der Waals surface area (Å²) in [6.07, 6.45) is 5.77. The van der Waals surface area contributed by atoms with Gasteiger partial charge in [-0.25, -0.2) is 4.98 Å². The molecule has 190 valence electrons. The van der Waals surface area contributed by atoms with Crippen LogP contribution in [-0.2, 0) is 9.53 Å². The molecule has 0 unspecified atom stereocenters. The maximum absolute atomic E-state index is 13.0. The molecule has 10 heteroatoms. The van der Waals surface area contributed by atoms with Gasteiger partial charge in [-0.2, -0.15) is 0 Å². The summed E-state index contributed by atoms with van der Waals surface area (Å²) >= 11 is 0. The van der Waals surface area contributed by atoms with Gasteiger partial charge in [0.1, 0.15) is 11.6 Å². The van der Waals surface area contributed by atoms with Crippen molar-refractivity contribution < 1.29 is 14.3 Å². The van der Waals surface area contributed by atoms with Crippen molar-refractivity contribution in [2.24, 2.45) is 11.8 Å². The Kier molecular flexibility index (Phi) is 9.63. The van der Waals surface area contributed by atoms with Crippen LogP contribution in [0.15, 0.2) is 24.3 Å². The molecule has 35 heavy (non-hydrogen) atoms. The number of pyridine rings is 1. The fourth-order valence-electron chi connectivity index (χ4n) is 4.25. The monoisotopic (exact) mass is 483 g/mol. The Bertz CT molecular complexity index is 974. The third-order valence-corrected chi connectivity index (χ3v) is 6.33. The van der Waals surface area contributed by atoms with Gasteiger partial charge in [0, 0.05) is 34.1 Å². The number of anilines is 4. The van der Waals surface area contributed by atoms with Crippen molar-refractivity contribution in [3.8, 4) is 0 Å². The molecule has 0 radical (unpaired) electrons. The van der Waals surface area contributed by atoms with Crippen LogP contribution in [0, 0.1) is 11.8 Å². The Hall–Kier alpha value is -3.43. The van der Waals surface area contributed by atoms with Gasteiger partial charge in [-0.3, -0.25) is 9.59 Å². The number of hydrogen-bond donors (Lipinski definition) is 3. The number of ether oxygens (including phenoxy) is 1. The number of nitrogens with zero attached hydrogens (tertiary/aromatic N) is 4. The maximum atomic E-state index is 13.0. The Labute approximate surface area is 207 Å². The topological polar surface area (TPSA) is 121 Å². The molecule has 0 aromatic carbocycles. The second-order valence-corrected chi connectivity index (χ2v) is 9.08. The number of amides is 1. The molecule has 0 spiro atoms. The number of esters is 1. The van der Waals surface area contributed by atoms with Crippen LogP contribution in [0.25, 0.3) is 0 Å². The van der Waals surface area contributed by atoms with E-state index in [0.29, 0.717) is 53.7 Å². The highest BCUT2D eigenvalue weighted by Gasteiger charge is 2.23. The van der Waals surface area contributed by atoms with E-state index in [4.69, 9.17) is 4.74 Å². The summed E-state index contributed by atoms with van der Waals surface area (Å²) in [5, 5.41) is 17.4. The molecule has 10 nitrogen and oxygen atoms in total. The average molecular weight is 484 g/mol. The molecule has 0 bridgehead atoms. The SMILES string of the molecule is CCOC(=O)CCC1CCC(CNc2nc(NC)ccc2C(=O)Nc2ccc(N(C)C)nn2)CC1. The van der Waals surface area contributed by atoms with Crippen molar-refractivity contribution in [1.29, 1.82) is 0 Å². The third kappa shape index (κ3) is 7.80. The van der Waals surface area contributed by atoms with Crippen molar-refractivity contribution in [1.82, 2.24) is 15.2 Å². The van der Waals surface area contributed by atoms with E-state index in [0.717, 1.165) is 38.6 Å². The molecule has 0 atom stereocenters. The van der Waals surface area contributed by atoms with E-state index in [1.165, 1.54) is 0 Å². The highest BCUT2D eigenvalue weighted by Crippen LogP contribution is 2.32. The first kappa shape index (κ1) is 26.2. The zero-order chi connectivity index (χ0) is 25.2. The summed E-state index contributed by atoms with van der Waals surface area (Å²) in [5.41, 5.74) is 0.450. The summed E-state index contributed by atoms with van der Waals surface area (Å²) in [6, 6.07) is 7.05. The minimum Gasteiger partial charge on any atom is -0.466 e. The van der Waals surface area contributed by atoms with Crippen molar-refractivity contribution in [3.05, 3.63) is 29.8 Å². The Morgan fingerprint density at radius 1 is 1.03 bits per heavy atom. The summed E-state index contributed by atoms with van der Waals surface area (Å²) in [7, 11) is 5.56.